The van der Waals surface area contributed by atoms with E-state index >= 15 is 0 Å². The molecule has 13 heteroatoms. The van der Waals surface area contributed by atoms with Gasteiger partial charge >= 0.3 is 12.1 Å². The molecule has 0 spiro atoms. The predicted molar refractivity (Wildman–Crippen MR) is 174 cm³/mol. The molecule has 4 rings (SSSR count). The first-order valence-corrected chi connectivity index (χ1v) is 16.1. The monoisotopic (exact) mass is 640 g/mol. The average molecular weight is 641 g/mol. The van der Waals surface area contributed by atoms with Crippen LogP contribution in [0.1, 0.15) is 92.6 Å². The second kappa shape index (κ2) is 19.1. The molecule has 244 valence electrons. The minimum absolute atomic E-state index is 0.246. The number of hydrogen-bond donors (Lipinski definition) is 3. The van der Waals surface area contributed by atoms with Gasteiger partial charge in [-0.1, -0.05) is 71.0 Å². The maximum Gasteiger partial charge on any atom is 0.373 e. The van der Waals surface area contributed by atoms with Crippen LogP contribution in [0.25, 0.3) is 0 Å². The van der Waals surface area contributed by atoms with E-state index in [9.17, 15) is 9.36 Å². The van der Waals surface area contributed by atoms with Crippen molar-refractivity contribution in [3.63, 3.8) is 0 Å². The molecule has 0 atom stereocenters. The molecule has 0 aliphatic carbocycles. The Morgan fingerprint density at radius 3 is 1.78 bits per heavy atom. The molecule has 0 aliphatic rings. The molecule has 45 heavy (non-hydrogen) atoms. The van der Waals surface area contributed by atoms with Crippen molar-refractivity contribution in [1.29, 1.82) is 0 Å². The van der Waals surface area contributed by atoms with E-state index in [1.807, 2.05) is 64.1 Å². The number of nitrogens with zero attached hydrogens (tertiary/aromatic N) is 3. The highest BCUT2D eigenvalue weighted by atomic mass is 31.2. The lowest BCUT2D eigenvalue weighted by molar-refractivity contribution is -0.191. The zero-order valence-electron chi connectivity index (χ0n) is 27.2. The summed E-state index contributed by atoms with van der Waals surface area (Å²) in [4.78, 5) is 39.3. The fourth-order valence-corrected chi connectivity index (χ4v) is 5.90. The summed E-state index contributed by atoms with van der Waals surface area (Å²) >= 11 is 0. The van der Waals surface area contributed by atoms with Gasteiger partial charge in [-0.25, -0.2) is 25.3 Å². The number of carbonyl (C=O) groups is 1. The lowest BCUT2D eigenvalue weighted by Gasteiger charge is -2.15. The number of hydrogen-bond acceptors (Lipinski definition) is 10. The summed E-state index contributed by atoms with van der Waals surface area (Å²) in [6, 6.07) is 18.0. The van der Waals surface area contributed by atoms with Crippen LogP contribution in [0, 0.1) is 13.8 Å². The number of rotatable bonds is 8. The van der Waals surface area contributed by atoms with Gasteiger partial charge in [0.25, 0.3) is 7.37 Å². The number of nitrogens with one attached hydrogen (secondary N) is 1. The summed E-state index contributed by atoms with van der Waals surface area (Å²) in [5.41, 5.74) is 3.56. The Morgan fingerprint density at radius 2 is 1.42 bits per heavy atom. The van der Waals surface area contributed by atoms with Gasteiger partial charge in [0.2, 0.25) is 0 Å². The fourth-order valence-electron chi connectivity index (χ4n) is 4.23. The molecule has 4 aromatic rings. The third-order valence-corrected chi connectivity index (χ3v) is 8.59. The molecule has 0 saturated carbocycles. The van der Waals surface area contributed by atoms with Crippen LogP contribution in [0.3, 0.4) is 0 Å². The zero-order valence-corrected chi connectivity index (χ0v) is 28.1. The van der Waals surface area contributed by atoms with Gasteiger partial charge in [0.15, 0.2) is 5.69 Å². The number of aromatic amines is 1. The average Bonchev–Trinajstić information content (AvgIpc) is 3.57. The van der Waals surface area contributed by atoms with Crippen LogP contribution < -0.4 is 22.3 Å². The molecule has 0 radical (unpaired) electrons. The van der Waals surface area contributed by atoms with E-state index in [0.717, 1.165) is 35.2 Å². The van der Waals surface area contributed by atoms with Gasteiger partial charge in [-0.15, -0.1) is 0 Å². The highest BCUT2D eigenvalue weighted by Gasteiger charge is 2.27. The first-order chi connectivity index (χ1) is 21.3. The lowest BCUT2D eigenvalue weighted by atomic mass is 10.1. The Kier molecular flexibility index (Phi) is 16.4. The summed E-state index contributed by atoms with van der Waals surface area (Å²) in [5.74, 6) is 13.0. The molecule has 2 heterocycles. The molecule has 2 aromatic heterocycles. The van der Waals surface area contributed by atoms with Crippen molar-refractivity contribution in [3.8, 4) is 0 Å². The van der Waals surface area contributed by atoms with Crippen molar-refractivity contribution in [2.45, 2.75) is 73.6 Å². The third kappa shape index (κ3) is 11.0. The van der Waals surface area contributed by atoms with Crippen LogP contribution in [-0.4, -0.2) is 38.4 Å². The predicted octanol–water partition coefficient (Wildman–Crippen LogP) is 4.83. The molecule has 0 bridgehead atoms. The first-order valence-electron chi connectivity index (χ1n) is 14.5. The van der Waals surface area contributed by atoms with Crippen LogP contribution in [0.5, 0.6) is 0 Å². The number of nitrogens with two attached hydrogens (primary N) is 2. The Morgan fingerprint density at radius 1 is 0.933 bits per heavy atom. The second-order valence-corrected chi connectivity index (χ2v) is 12.6. The van der Waals surface area contributed by atoms with Crippen LogP contribution in [-0.2, 0) is 29.9 Å². The van der Waals surface area contributed by atoms with E-state index in [2.05, 4.69) is 35.7 Å². The highest BCUT2D eigenvalue weighted by Crippen LogP contribution is 2.42. The van der Waals surface area contributed by atoms with Gasteiger partial charge < -0.3 is 15.6 Å². The van der Waals surface area contributed by atoms with E-state index in [-0.39, 0.29) is 18.0 Å². The number of carbonyl (C=O) groups excluding carboxylic acids is 3. The van der Waals surface area contributed by atoms with Gasteiger partial charge in [-0.05, 0) is 63.3 Å². The van der Waals surface area contributed by atoms with Crippen LogP contribution >= 0.6 is 7.37 Å². The third-order valence-electron chi connectivity index (χ3n) is 6.34. The molecule has 0 amide bonds. The molecule has 5 N–H and O–H groups in total. The molecule has 0 unspecified atom stereocenters. The molecule has 0 fully saturated rings. The maximum absolute atomic E-state index is 12.6. The zero-order chi connectivity index (χ0) is 34.2. The Hall–Kier alpha value is -4.34. The Bertz CT molecular complexity index is 1500. The lowest BCUT2D eigenvalue weighted by Crippen LogP contribution is -2.20. The number of benzene rings is 2. The fraction of sp³-hybridized carbons (Fsp3) is 0.375. The topological polar surface area (TPSA) is 185 Å². The number of aryl methyl sites for hydroxylation is 2. The number of ether oxygens (including phenoxy) is 1. The van der Waals surface area contributed by atoms with E-state index in [0.29, 0.717) is 28.8 Å². The summed E-state index contributed by atoms with van der Waals surface area (Å²) in [7, 11) is -3.13. The minimum Gasteiger partial charge on any atom is -0.461 e. The largest absolute Gasteiger partial charge is 0.461 e. The van der Waals surface area contributed by atoms with Gasteiger partial charge in [0.05, 0.1) is 23.7 Å². The second-order valence-electron chi connectivity index (χ2n) is 10.2. The van der Waals surface area contributed by atoms with Gasteiger partial charge in [-0.3, -0.25) is 9.24 Å². The molecule has 12 nitrogen and oxygen atoms in total. The van der Waals surface area contributed by atoms with Crippen molar-refractivity contribution in [3.05, 3.63) is 95.1 Å². The maximum atomic E-state index is 12.6. The minimum atomic E-state index is -3.13. The summed E-state index contributed by atoms with van der Waals surface area (Å²) < 4.78 is 24.0. The number of nitrogen functional groups attached to an aromatic ring is 1. The standard InChI is InChI=1S/C12H12NO2P.C10H16N2O2.C9H17N3.CO2/c13-15-16(14,11-7-3-1-4-8-11)12-9-5-2-6-10-12;1-5-14-10(13)9-8(6(2)3)11-7(4)12-9;1-5-8-9(6(2)3)11-7(4)12(8)10;2-1-3/h1-10H,13H2;6H,5H2,1-4H3,(H,11,12);6H,5,10H2,1-4H3;. The van der Waals surface area contributed by atoms with Crippen molar-refractivity contribution in [2.75, 3.05) is 12.4 Å². The Labute approximate surface area is 264 Å². The molecule has 0 saturated heterocycles. The molecular weight excluding hydrogens is 595 g/mol. The van der Waals surface area contributed by atoms with Crippen molar-refractivity contribution >= 4 is 30.1 Å². The van der Waals surface area contributed by atoms with Gasteiger partial charge in [0, 0.05) is 10.6 Å². The van der Waals surface area contributed by atoms with E-state index in [1.54, 1.807) is 35.9 Å². The van der Waals surface area contributed by atoms with E-state index in [4.69, 9.17) is 30.7 Å². The van der Waals surface area contributed by atoms with Crippen LogP contribution in [0.4, 0.5) is 0 Å². The molecule has 2 aromatic carbocycles. The smallest absolute Gasteiger partial charge is 0.373 e. The Balaban J connectivity index is 0.000000326. The van der Waals surface area contributed by atoms with E-state index < -0.39 is 7.37 Å². The quantitative estimate of drug-likeness (QED) is 0.104. The van der Waals surface area contributed by atoms with E-state index in [1.165, 1.54) is 0 Å². The summed E-state index contributed by atoms with van der Waals surface area (Å²) in [5, 5.41) is 1.20. The van der Waals surface area contributed by atoms with Crippen LogP contribution in [0.2, 0.25) is 0 Å². The number of esters is 1. The SMILES string of the molecule is CCOC(=O)c1nc(C)[nH]c1C(C)C.CCc1c(C(C)C)nc(C)n1N.NOP(=O)(c1ccccc1)c1ccccc1.O=C=O. The van der Waals surface area contributed by atoms with Gasteiger partial charge in [0.1, 0.15) is 11.6 Å². The molecule has 0 aliphatic heterocycles. The number of imidazole rings is 2. The normalized spacial score (nSPS) is 10.5. The van der Waals surface area contributed by atoms with Crippen molar-refractivity contribution < 1.29 is 28.3 Å². The van der Waals surface area contributed by atoms with Crippen molar-refractivity contribution in [1.82, 2.24) is 19.6 Å². The number of H-pyrrole nitrogens is 1. The highest BCUT2D eigenvalue weighted by molar-refractivity contribution is 7.74. The molecular formula is C32H45N6O6P. The summed E-state index contributed by atoms with van der Waals surface area (Å²) in [6.07, 6.45) is 1.20. The van der Waals surface area contributed by atoms with Crippen LogP contribution in [0.15, 0.2) is 60.7 Å². The first kappa shape index (κ1) is 38.7. The van der Waals surface area contributed by atoms with Gasteiger partial charge in [-0.2, -0.15) is 9.59 Å². The van der Waals surface area contributed by atoms with Crippen molar-refractivity contribution in [2.24, 2.45) is 5.90 Å². The summed E-state index contributed by atoms with van der Waals surface area (Å²) in [6.45, 7) is 16.3. The number of aromatic nitrogens is 4.